The Labute approximate surface area is 139 Å². The van der Waals surface area contributed by atoms with Gasteiger partial charge in [0.25, 0.3) is 5.91 Å². The van der Waals surface area contributed by atoms with Gasteiger partial charge in [0.1, 0.15) is 24.0 Å². The van der Waals surface area contributed by atoms with Crippen molar-refractivity contribution in [2.45, 2.75) is 6.61 Å². The first kappa shape index (κ1) is 16.0. The van der Waals surface area contributed by atoms with E-state index in [0.717, 1.165) is 11.3 Å². The molecule has 0 unspecified atom stereocenters. The summed E-state index contributed by atoms with van der Waals surface area (Å²) < 4.78 is 31.8. The molecular weight excluding hydrogens is 336 g/mol. The van der Waals surface area contributed by atoms with Crippen LogP contribution in [0.25, 0.3) is 0 Å². The first-order chi connectivity index (χ1) is 11.6. The fraction of sp³-hybridized carbons (Fsp3) is 0.0625. The third kappa shape index (κ3) is 3.90. The van der Waals surface area contributed by atoms with Gasteiger partial charge in [-0.25, -0.2) is 8.78 Å². The zero-order valence-electron chi connectivity index (χ0n) is 12.2. The van der Waals surface area contributed by atoms with Crippen LogP contribution in [0.3, 0.4) is 0 Å². The highest BCUT2D eigenvalue weighted by molar-refractivity contribution is 7.15. The normalized spacial score (nSPS) is 10.4. The van der Waals surface area contributed by atoms with Crippen molar-refractivity contribution in [3.05, 3.63) is 70.7 Å². The number of benzene rings is 2. The van der Waals surface area contributed by atoms with Crippen molar-refractivity contribution in [1.29, 1.82) is 0 Å². The minimum atomic E-state index is -0.612. The Balaban J connectivity index is 1.60. The van der Waals surface area contributed by atoms with Gasteiger partial charge in [-0.05, 0) is 36.4 Å². The predicted molar refractivity (Wildman–Crippen MR) is 85.0 cm³/mol. The van der Waals surface area contributed by atoms with Gasteiger partial charge in [0.2, 0.25) is 5.13 Å². The van der Waals surface area contributed by atoms with Crippen molar-refractivity contribution in [2.75, 3.05) is 5.32 Å². The number of hydrogen-bond acceptors (Lipinski definition) is 5. The minimum absolute atomic E-state index is 0.0724. The molecule has 1 aromatic heterocycles. The lowest BCUT2D eigenvalue weighted by molar-refractivity contribution is 0.102. The molecule has 0 aliphatic carbocycles. The standard InChI is InChI=1S/C16H11F2N3O2S/c17-10-5-7-11(8-6-10)23-9-14-20-21-16(24-14)19-15(22)12-3-1-2-4-13(12)18/h1-8H,9H2,(H,19,21,22). The summed E-state index contributed by atoms with van der Waals surface area (Å²) in [6.07, 6.45) is 0. The number of aromatic nitrogens is 2. The Morgan fingerprint density at radius 2 is 1.83 bits per heavy atom. The molecule has 1 amide bonds. The molecule has 2 aromatic carbocycles. The number of amides is 1. The molecule has 0 aliphatic heterocycles. The fourth-order valence-electron chi connectivity index (χ4n) is 1.85. The summed E-state index contributed by atoms with van der Waals surface area (Å²) in [5.41, 5.74) is -0.0724. The Hall–Kier alpha value is -2.87. The molecule has 8 heteroatoms. The number of anilines is 1. The van der Waals surface area contributed by atoms with Gasteiger partial charge in [-0.1, -0.05) is 23.5 Å². The van der Waals surface area contributed by atoms with E-state index >= 15 is 0 Å². The van der Waals surface area contributed by atoms with E-state index in [4.69, 9.17) is 4.74 Å². The van der Waals surface area contributed by atoms with Crippen LogP contribution in [0.5, 0.6) is 5.75 Å². The number of hydrogen-bond donors (Lipinski definition) is 1. The topological polar surface area (TPSA) is 64.1 Å². The first-order valence-corrected chi connectivity index (χ1v) is 7.70. The SMILES string of the molecule is O=C(Nc1nnc(COc2ccc(F)cc2)s1)c1ccccc1F. The van der Waals surface area contributed by atoms with Crippen molar-refractivity contribution < 1.29 is 18.3 Å². The first-order valence-electron chi connectivity index (χ1n) is 6.88. The lowest BCUT2D eigenvalue weighted by atomic mass is 10.2. The molecule has 0 spiro atoms. The Kier molecular flexibility index (Phi) is 4.76. The van der Waals surface area contributed by atoms with Crippen LogP contribution in [0.15, 0.2) is 48.5 Å². The molecule has 0 radical (unpaired) electrons. The van der Waals surface area contributed by atoms with Crippen molar-refractivity contribution in [2.24, 2.45) is 0 Å². The highest BCUT2D eigenvalue weighted by Crippen LogP contribution is 2.19. The number of carbonyl (C=O) groups excluding carboxylic acids is 1. The zero-order chi connectivity index (χ0) is 16.9. The van der Waals surface area contributed by atoms with Gasteiger partial charge in [0.05, 0.1) is 5.56 Å². The lowest BCUT2D eigenvalue weighted by Gasteiger charge is -2.03. The zero-order valence-corrected chi connectivity index (χ0v) is 13.0. The summed E-state index contributed by atoms with van der Waals surface area (Å²) in [7, 11) is 0. The summed E-state index contributed by atoms with van der Waals surface area (Å²) in [6.45, 7) is 0.124. The number of halogens is 2. The van der Waals surface area contributed by atoms with Crippen molar-refractivity contribution in [3.63, 3.8) is 0 Å². The molecular formula is C16H11F2N3O2S. The molecule has 0 fully saturated rings. The van der Waals surface area contributed by atoms with E-state index < -0.39 is 11.7 Å². The van der Waals surface area contributed by atoms with Crippen molar-refractivity contribution in [3.8, 4) is 5.75 Å². The van der Waals surface area contributed by atoms with Crippen LogP contribution in [0.1, 0.15) is 15.4 Å². The van der Waals surface area contributed by atoms with E-state index in [2.05, 4.69) is 15.5 Å². The molecule has 0 saturated carbocycles. The number of ether oxygens (including phenoxy) is 1. The number of nitrogens with one attached hydrogen (secondary N) is 1. The van der Waals surface area contributed by atoms with Gasteiger partial charge in [-0.2, -0.15) is 0 Å². The maximum absolute atomic E-state index is 13.5. The van der Waals surface area contributed by atoms with Gasteiger partial charge in [0, 0.05) is 0 Å². The van der Waals surface area contributed by atoms with E-state index in [1.807, 2.05) is 0 Å². The largest absolute Gasteiger partial charge is 0.486 e. The summed E-state index contributed by atoms with van der Waals surface area (Å²) in [5, 5.41) is 10.9. The Morgan fingerprint density at radius 1 is 1.08 bits per heavy atom. The molecule has 3 rings (SSSR count). The van der Waals surface area contributed by atoms with Gasteiger partial charge >= 0.3 is 0 Å². The van der Waals surface area contributed by atoms with E-state index in [9.17, 15) is 13.6 Å². The second-order valence-corrected chi connectivity index (χ2v) is 5.74. The van der Waals surface area contributed by atoms with E-state index in [1.165, 1.54) is 42.5 Å². The van der Waals surface area contributed by atoms with E-state index in [-0.39, 0.29) is 23.1 Å². The van der Waals surface area contributed by atoms with E-state index in [0.29, 0.717) is 10.8 Å². The average Bonchev–Trinajstić information content (AvgIpc) is 3.02. The maximum atomic E-state index is 13.5. The smallest absolute Gasteiger partial charge is 0.260 e. The Bertz CT molecular complexity index is 853. The highest BCUT2D eigenvalue weighted by atomic mass is 32.1. The van der Waals surface area contributed by atoms with Crippen molar-refractivity contribution in [1.82, 2.24) is 10.2 Å². The van der Waals surface area contributed by atoms with Gasteiger partial charge < -0.3 is 4.74 Å². The van der Waals surface area contributed by atoms with Gasteiger partial charge in [-0.3, -0.25) is 10.1 Å². The molecule has 0 bridgehead atoms. The third-order valence-corrected chi connectivity index (χ3v) is 3.79. The van der Waals surface area contributed by atoms with Gasteiger partial charge in [-0.15, -0.1) is 10.2 Å². The van der Waals surface area contributed by atoms with Crippen LogP contribution in [0, 0.1) is 11.6 Å². The summed E-state index contributed by atoms with van der Waals surface area (Å²) >= 11 is 1.11. The second-order valence-electron chi connectivity index (χ2n) is 4.68. The molecule has 122 valence electrons. The second kappa shape index (κ2) is 7.14. The van der Waals surface area contributed by atoms with Crippen LogP contribution in [0.4, 0.5) is 13.9 Å². The van der Waals surface area contributed by atoms with Crippen LogP contribution in [0.2, 0.25) is 0 Å². The molecule has 0 saturated heterocycles. The minimum Gasteiger partial charge on any atom is -0.486 e. The van der Waals surface area contributed by atoms with Crippen molar-refractivity contribution >= 4 is 22.4 Å². The van der Waals surface area contributed by atoms with Crippen LogP contribution < -0.4 is 10.1 Å². The predicted octanol–water partition coefficient (Wildman–Crippen LogP) is 3.65. The molecule has 3 aromatic rings. The van der Waals surface area contributed by atoms with Crippen LogP contribution in [-0.4, -0.2) is 16.1 Å². The molecule has 24 heavy (non-hydrogen) atoms. The monoisotopic (exact) mass is 347 g/mol. The molecule has 0 atom stereocenters. The quantitative estimate of drug-likeness (QED) is 0.765. The third-order valence-electron chi connectivity index (χ3n) is 2.98. The number of carbonyl (C=O) groups is 1. The highest BCUT2D eigenvalue weighted by Gasteiger charge is 2.13. The van der Waals surface area contributed by atoms with Gasteiger partial charge in [0.15, 0.2) is 5.01 Å². The Morgan fingerprint density at radius 3 is 2.58 bits per heavy atom. The van der Waals surface area contributed by atoms with Crippen LogP contribution >= 0.6 is 11.3 Å². The van der Waals surface area contributed by atoms with Crippen LogP contribution in [-0.2, 0) is 6.61 Å². The molecule has 1 heterocycles. The molecule has 0 aliphatic rings. The number of rotatable bonds is 5. The maximum Gasteiger partial charge on any atom is 0.260 e. The number of nitrogens with zero attached hydrogens (tertiary/aromatic N) is 2. The summed E-state index contributed by atoms with van der Waals surface area (Å²) in [6, 6.07) is 11.2. The molecule has 5 nitrogen and oxygen atoms in total. The molecule has 1 N–H and O–H groups in total. The fourth-order valence-corrected chi connectivity index (χ4v) is 2.50. The van der Waals surface area contributed by atoms with E-state index in [1.54, 1.807) is 6.07 Å². The summed E-state index contributed by atoms with van der Waals surface area (Å²) in [5.74, 6) is -1.07. The average molecular weight is 347 g/mol. The lowest BCUT2D eigenvalue weighted by Crippen LogP contribution is -2.13. The summed E-state index contributed by atoms with van der Waals surface area (Å²) in [4.78, 5) is 12.0.